The minimum atomic E-state index is 0.389. The van der Waals surface area contributed by atoms with Crippen molar-refractivity contribution >= 4 is 34.6 Å². The molecular weight excluding hydrogens is 264 g/mol. The Labute approximate surface area is 120 Å². The molecule has 0 aliphatic carbocycles. The fourth-order valence-electron chi connectivity index (χ4n) is 1.58. The van der Waals surface area contributed by atoms with Crippen LogP contribution in [0.15, 0.2) is 24.3 Å². The predicted octanol–water partition coefficient (Wildman–Crippen LogP) is 4.45. The number of rotatable bonds is 5. The fourth-order valence-corrected chi connectivity index (χ4v) is 2.02. The zero-order chi connectivity index (χ0) is 13.5. The van der Waals surface area contributed by atoms with Crippen molar-refractivity contribution in [1.82, 2.24) is 5.32 Å². The molecule has 1 rings (SSSR count). The monoisotopic (exact) mass is 284 g/mol. The lowest BCUT2D eigenvalue weighted by molar-refractivity contribution is 0.494. The number of anilines is 1. The number of hydrogen-bond acceptors (Lipinski definition) is 1. The van der Waals surface area contributed by atoms with E-state index >= 15 is 0 Å². The van der Waals surface area contributed by atoms with Gasteiger partial charge in [-0.3, -0.25) is 0 Å². The smallest absolute Gasteiger partial charge is 0.170 e. The van der Waals surface area contributed by atoms with Crippen LogP contribution in [0.1, 0.15) is 33.6 Å². The molecule has 18 heavy (non-hydrogen) atoms. The molecule has 100 valence electrons. The van der Waals surface area contributed by atoms with Gasteiger partial charge in [0.05, 0.1) is 0 Å². The van der Waals surface area contributed by atoms with Crippen molar-refractivity contribution in [3.63, 3.8) is 0 Å². The molecular formula is C14H21ClN2S. The van der Waals surface area contributed by atoms with Crippen LogP contribution in [-0.2, 0) is 0 Å². The molecule has 1 aromatic carbocycles. The number of halogens is 1. The Morgan fingerprint density at radius 3 is 2.33 bits per heavy atom. The first kappa shape index (κ1) is 15.3. The van der Waals surface area contributed by atoms with Crippen molar-refractivity contribution in [1.29, 1.82) is 0 Å². The minimum absolute atomic E-state index is 0.389. The van der Waals surface area contributed by atoms with Crippen molar-refractivity contribution in [2.45, 2.75) is 39.7 Å². The standard InChI is InChI=1S/C14H21ClN2S/c1-10(2)4-5-11(3)16-14(18)17-13-8-6-12(15)7-9-13/h6-11H,4-5H2,1-3H3,(H2,16,17,18)/t11-/m1/s1. The Hall–Kier alpha value is -0.800. The van der Waals surface area contributed by atoms with E-state index in [4.69, 9.17) is 23.8 Å². The Kier molecular flexibility index (Phi) is 6.44. The SMILES string of the molecule is CC(C)CC[C@@H](C)NC(=S)Nc1ccc(Cl)cc1. The molecule has 4 heteroatoms. The average Bonchev–Trinajstić information content (AvgIpc) is 2.29. The molecule has 1 aromatic rings. The van der Waals surface area contributed by atoms with Crippen LogP contribution < -0.4 is 10.6 Å². The van der Waals surface area contributed by atoms with Gasteiger partial charge in [0.25, 0.3) is 0 Å². The van der Waals surface area contributed by atoms with Gasteiger partial charge in [-0.1, -0.05) is 25.4 Å². The first-order valence-electron chi connectivity index (χ1n) is 6.30. The number of hydrogen-bond donors (Lipinski definition) is 2. The summed E-state index contributed by atoms with van der Waals surface area (Å²) >= 11 is 11.1. The molecule has 0 aromatic heterocycles. The molecule has 2 nitrogen and oxygen atoms in total. The van der Waals surface area contributed by atoms with Crippen LogP contribution in [0.3, 0.4) is 0 Å². The highest BCUT2D eigenvalue weighted by molar-refractivity contribution is 7.80. The molecule has 0 bridgehead atoms. The molecule has 0 aliphatic heterocycles. The predicted molar refractivity (Wildman–Crippen MR) is 84.3 cm³/mol. The van der Waals surface area contributed by atoms with Gasteiger partial charge in [0.15, 0.2) is 5.11 Å². The highest BCUT2D eigenvalue weighted by Gasteiger charge is 2.05. The van der Waals surface area contributed by atoms with Crippen LogP contribution in [-0.4, -0.2) is 11.2 Å². The van der Waals surface area contributed by atoms with E-state index in [1.807, 2.05) is 24.3 Å². The van der Waals surface area contributed by atoms with Gasteiger partial charge >= 0.3 is 0 Å². The van der Waals surface area contributed by atoms with Crippen molar-refractivity contribution in [2.75, 3.05) is 5.32 Å². The van der Waals surface area contributed by atoms with Gasteiger partial charge in [0.1, 0.15) is 0 Å². The zero-order valence-corrected chi connectivity index (χ0v) is 12.7. The third-order valence-corrected chi connectivity index (χ3v) is 3.13. The highest BCUT2D eigenvalue weighted by Crippen LogP contribution is 2.13. The van der Waals surface area contributed by atoms with Gasteiger partial charge in [0, 0.05) is 16.8 Å². The summed E-state index contributed by atoms with van der Waals surface area (Å²) < 4.78 is 0. The Bertz CT molecular complexity index is 376. The third-order valence-electron chi connectivity index (χ3n) is 2.66. The lowest BCUT2D eigenvalue weighted by Crippen LogP contribution is -2.36. The summed E-state index contributed by atoms with van der Waals surface area (Å²) in [6.07, 6.45) is 2.33. The molecule has 0 spiro atoms. The van der Waals surface area contributed by atoms with Crippen molar-refractivity contribution in [2.24, 2.45) is 5.92 Å². The van der Waals surface area contributed by atoms with Gasteiger partial charge in [-0.25, -0.2) is 0 Å². The molecule has 0 saturated heterocycles. The van der Waals surface area contributed by atoms with E-state index < -0.39 is 0 Å². The van der Waals surface area contributed by atoms with Crippen LogP contribution in [0.2, 0.25) is 5.02 Å². The zero-order valence-electron chi connectivity index (χ0n) is 11.2. The van der Waals surface area contributed by atoms with E-state index in [2.05, 4.69) is 31.4 Å². The van der Waals surface area contributed by atoms with E-state index in [-0.39, 0.29) is 0 Å². The van der Waals surface area contributed by atoms with Crippen LogP contribution in [0, 0.1) is 5.92 Å². The second-order valence-corrected chi connectivity index (χ2v) is 5.82. The van der Waals surface area contributed by atoms with Gasteiger partial charge in [-0.15, -0.1) is 0 Å². The first-order valence-corrected chi connectivity index (χ1v) is 7.09. The van der Waals surface area contributed by atoms with Crippen LogP contribution in [0.25, 0.3) is 0 Å². The van der Waals surface area contributed by atoms with E-state index in [1.54, 1.807) is 0 Å². The fraction of sp³-hybridized carbons (Fsp3) is 0.500. The number of benzene rings is 1. The Morgan fingerprint density at radius 2 is 1.78 bits per heavy atom. The lowest BCUT2D eigenvalue weighted by Gasteiger charge is -2.17. The molecule has 0 aliphatic rings. The normalized spacial score (nSPS) is 12.3. The summed E-state index contributed by atoms with van der Waals surface area (Å²) in [5, 5.41) is 7.82. The van der Waals surface area contributed by atoms with Crippen LogP contribution >= 0.6 is 23.8 Å². The molecule has 0 amide bonds. The topological polar surface area (TPSA) is 24.1 Å². The van der Waals surface area contributed by atoms with Crippen molar-refractivity contribution in [3.8, 4) is 0 Å². The Balaban J connectivity index is 2.34. The maximum absolute atomic E-state index is 5.83. The van der Waals surface area contributed by atoms with E-state index in [9.17, 15) is 0 Å². The summed E-state index contributed by atoms with van der Waals surface area (Å²) in [4.78, 5) is 0. The highest BCUT2D eigenvalue weighted by atomic mass is 35.5. The maximum Gasteiger partial charge on any atom is 0.170 e. The summed E-state index contributed by atoms with van der Waals surface area (Å²) in [5.41, 5.74) is 0.952. The quantitative estimate of drug-likeness (QED) is 0.781. The Morgan fingerprint density at radius 1 is 1.17 bits per heavy atom. The first-order chi connectivity index (χ1) is 8.47. The number of thiocarbonyl (C=S) groups is 1. The summed E-state index contributed by atoms with van der Waals surface area (Å²) in [6, 6.07) is 7.90. The summed E-state index contributed by atoms with van der Waals surface area (Å²) in [5.74, 6) is 0.729. The van der Waals surface area contributed by atoms with Crippen molar-refractivity contribution < 1.29 is 0 Å². The maximum atomic E-state index is 5.83. The number of nitrogens with one attached hydrogen (secondary N) is 2. The van der Waals surface area contributed by atoms with Gasteiger partial charge in [0.2, 0.25) is 0 Å². The van der Waals surface area contributed by atoms with Gasteiger partial charge in [-0.2, -0.15) is 0 Å². The van der Waals surface area contributed by atoms with E-state index in [0.29, 0.717) is 11.2 Å². The molecule has 0 heterocycles. The second-order valence-electron chi connectivity index (χ2n) is 4.98. The molecule has 1 atom stereocenters. The molecule has 0 unspecified atom stereocenters. The molecule has 0 radical (unpaired) electrons. The van der Waals surface area contributed by atoms with E-state index in [0.717, 1.165) is 23.0 Å². The molecule has 0 saturated carbocycles. The third kappa shape index (κ3) is 6.22. The van der Waals surface area contributed by atoms with Crippen LogP contribution in [0.5, 0.6) is 0 Å². The van der Waals surface area contributed by atoms with Crippen LogP contribution in [0.4, 0.5) is 5.69 Å². The van der Waals surface area contributed by atoms with Gasteiger partial charge < -0.3 is 10.6 Å². The largest absolute Gasteiger partial charge is 0.360 e. The minimum Gasteiger partial charge on any atom is -0.360 e. The lowest BCUT2D eigenvalue weighted by atomic mass is 10.0. The van der Waals surface area contributed by atoms with E-state index in [1.165, 1.54) is 6.42 Å². The van der Waals surface area contributed by atoms with Crippen molar-refractivity contribution in [3.05, 3.63) is 29.3 Å². The molecule has 2 N–H and O–H groups in total. The second kappa shape index (κ2) is 7.59. The average molecular weight is 285 g/mol. The summed E-state index contributed by atoms with van der Waals surface area (Å²) in [7, 11) is 0. The van der Waals surface area contributed by atoms with Gasteiger partial charge in [-0.05, 0) is 62.2 Å². The molecule has 0 fully saturated rings. The summed E-state index contributed by atoms with van der Waals surface area (Å²) in [6.45, 7) is 6.62.